The Balaban J connectivity index is 2.12. The summed E-state index contributed by atoms with van der Waals surface area (Å²) in [6, 6.07) is 9.10. The third-order valence-corrected chi connectivity index (χ3v) is 3.52. The standard InChI is InChI=1S/C16H15ClF2N2O2/c17-15(19)16(23)21-13(8-18)14(22)11-5-3-10(4-6-11)12-2-1-7-20-9-12/h1-7,9,13-15,22H,8H2,(H,21,23)/t13-,14-,15?/m1/s1. The zero-order valence-corrected chi connectivity index (χ0v) is 12.8. The van der Waals surface area contributed by atoms with Crippen molar-refractivity contribution in [3.05, 3.63) is 54.4 Å². The molecule has 0 fully saturated rings. The molecule has 3 atom stereocenters. The van der Waals surface area contributed by atoms with Crippen molar-refractivity contribution in [1.29, 1.82) is 0 Å². The summed E-state index contributed by atoms with van der Waals surface area (Å²) in [6.07, 6.45) is 2.03. The smallest absolute Gasteiger partial charge is 0.270 e. The number of rotatable bonds is 6. The molecule has 0 aliphatic carbocycles. The van der Waals surface area contributed by atoms with Crippen LogP contribution in [0.4, 0.5) is 8.78 Å². The van der Waals surface area contributed by atoms with Gasteiger partial charge in [-0.15, -0.1) is 0 Å². The van der Waals surface area contributed by atoms with Gasteiger partial charge in [0.2, 0.25) is 0 Å². The Morgan fingerprint density at radius 3 is 2.48 bits per heavy atom. The molecule has 1 amide bonds. The van der Waals surface area contributed by atoms with E-state index in [2.05, 4.69) is 4.98 Å². The molecule has 0 bridgehead atoms. The molecule has 2 rings (SSSR count). The second kappa shape index (κ2) is 7.99. The highest BCUT2D eigenvalue weighted by atomic mass is 35.5. The summed E-state index contributed by atoms with van der Waals surface area (Å²) < 4.78 is 25.7. The molecule has 0 spiro atoms. The maximum Gasteiger partial charge on any atom is 0.270 e. The van der Waals surface area contributed by atoms with Crippen LogP contribution in [-0.4, -0.2) is 34.3 Å². The quantitative estimate of drug-likeness (QED) is 0.795. The average Bonchev–Trinajstić information content (AvgIpc) is 2.59. The van der Waals surface area contributed by atoms with Crippen molar-refractivity contribution in [2.45, 2.75) is 17.8 Å². The van der Waals surface area contributed by atoms with Crippen molar-refractivity contribution < 1.29 is 18.7 Å². The Hall–Kier alpha value is -2.05. The molecule has 23 heavy (non-hydrogen) atoms. The lowest BCUT2D eigenvalue weighted by atomic mass is 9.99. The zero-order chi connectivity index (χ0) is 16.8. The van der Waals surface area contributed by atoms with Gasteiger partial charge >= 0.3 is 0 Å². The summed E-state index contributed by atoms with van der Waals surface area (Å²) in [5.41, 5.74) is -0.125. The van der Waals surface area contributed by atoms with E-state index in [1.165, 1.54) is 0 Å². The van der Waals surface area contributed by atoms with Crippen LogP contribution < -0.4 is 5.32 Å². The van der Waals surface area contributed by atoms with E-state index < -0.39 is 30.4 Å². The number of carbonyl (C=O) groups is 1. The van der Waals surface area contributed by atoms with Crippen LogP contribution in [0.3, 0.4) is 0 Å². The molecule has 1 unspecified atom stereocenters. The number of hydrogen-bond acceptors (Lipinski definition) is 3. The van der Waals surface area contributed by atoms with E-state index in [1.54, 1.807) is 42.7 Å². The molecule has 0 saturated carbocycles. The van der Waals surface area contributed by atoms with Crippen molar-refractivity contribution >= 4 is 17.5 Å². The molecule has 1 aromatic carbocycles. The summed E-state index contributed by atoms with van der Waals surface area (Å²) in [4.78, 5) is 15.2. The van der Waals surface area contributed by atoms with E-state index in [0.29, 0.717) is 5.56 Å². The van der Waals surface area contributed by atoms with Gasteiger partial charge in [0.15, 0.2) is 0 Å². The molecule has 0 aliphatic rings. The molecular weight excluding hydrogens is 326 g/mol. The number of nitrogens with one attached hydrogen (secondary N) is 1. The zero-order valence-electron chi connectivity index (χ0n) is 12.0. The van der Waals surface area contributed by atoms with Crippen LogP contribution >= 0.6 is 11.6 Å². The van der Waals surface area contributed by atoms with Crippen molar-refractivity contribution in [3.8, 4) is 11.1 Å². The van der Waals surface area contributed by atoms with Crippen LogP contribution in [0.25, 0.3) is 11.1 Å². The highest BCUT2D eigenvalue weighted by molar-refractivity contribution is 6.29. The van der Waals surface area contributed by atoms with Crippen LogP contribution in [0, 0.1) is 0 Å². The lowest BCUT2D eigenvalue weighted by Gasteiger charge is -2.22. The number of benzene rings is 1. The van der Waals surface area contributed by atoms with Crippen LogP contribution in [0.1, 0.15) is 11.7 Å². The highest BCUT2D eigenvalue weighted by Crippen LogP contribution is 2.23. The number of aromatic nitrogens is 1. The first-order valence-corrected chi connectivity index (χ1v) is 7.29. The number of halogens is 3. The minimum atomic E-state index is -2.29. The van der Waals surface area contributed by atoms with E-state index in [9.17, 15) is 18.7 Å². The van der Waals surface area contributed by atoms with Gasteiger partial charge in [-0.3, -0.25) is 9.78 Å². The van der Waals surface area contributed by atoms with Crippen LogP contribution in [-0.2, 0) is 4.79 Å². The number of hydrogen-bond donors (Lipinski definition) is 2. The topological polar surface area (TPSA) is 62.2 Å². The predicted molar refractivity (Wildman–Crippen MR) is 83.3 cm³/mol. The highest BCUT2D eigenvalue weighted by Gasteiger charge is 2.25. The van der Waals surface area contributed by atoms with Gasteiger partial charge in [0.1, 0.15) is 12.8 Å². The molecule has 2 N–H and O–H groups in total. The van der Waals surface area contributed by atoms with Gasteiger partial charge in [0, 0.05) is 12.4 Å². The maximum atomic E-state index is 13.0. The second-order valence-corrected chi connectivity index (χ2v) is 5.26. The lowest BCUT2D eigenvalue weighted by molar-refractivity contribution is -0.125. The number of aliphatic hydroxyl groups is 1. The summed E-state index contributed by atoms with van der Waals surface area (Å²) in [6.45, 7) is -1.05. The predicted octanol–water partition coefficient (Wildman–Crippen LogP) is 2.77. The molecular formula is C16H15ClF2N2O2. The maximum absolute atomic E-state index is 13.0. The van der Waals surface area contributed by atoms with Crippen molar-refractivity contribution in [2.24, 2.45) is 0 Å². The number of alkyl halides is 3. The van der Waals surface area contributed by atoms with Crippen molar-refractivity contribution in [3.63, 3.8) is 0 Å². The second-order valence-electron chi connectivity index (χ2n) is 4.88. The molecule has 7 heteroatoms. The Morgan fingerprint density at radius 1 is 1.26 bits per heavy atom. The molecule has 4 nitrogen and oxygen atoms in total. The summed E-state index contributed by atoms with van der Waals surface area (Å²) >= 11 is 4.98. The minimum Gasteiger partial charge on any atom is -0.386 e. The first kappa shape index (κ1) is 17.3. The normalized spacial score (nSPS) is 14.8. The molecule has 1 heterocycles. The van der Waals surface area contributed by atoms with Gasteiger partial charge in [-0.1, -0.05) is 41.9 Å². The SMILES string of the molecule is O=C(N[C@H](CF)[C@H](O)c1ccc(-c2cccnc2)cc1)C(F)Cl. The summed E-state index contributed by atoms with van der Waals surface area (Å²) in [5, 5.41) is 12.2. The van der Waals surface area contributed by atoms with Crippen molar-refractivity contribution in [1.82, 2.24) is 10.3 Å². The largest absolute Gasteiger partial charge is 0.386 e. The number of pyridine rings is 1. The van der Waals surface area contributed by atoms with E-state index in [0.717, 1.165) is 11.1 Å². The van der Waals surface area contributed by atoms with Gasteiger partial charge in [0.25, 0.3) is 11.5 Å². The van der Waals surface area contributed by atoms with Crippen LogP contribution in [0.2, 0.25) is 0 Å². The number of carbonyl (C=O) groups excluding carboxylic acids is 1. The fraction of sp³-hybridized carbons (Fsp3) is 0.250. The molecule has 0 aliphatic heterocycles. The van der Waals surface area contributed by atoms with Gasteiger partial charge < -0.3 is 10.4 Å². The number of aliphatic hydroxyl groups excluding tert-OH is 1. The molecule has 1 aromatic heterocycles. The Labute approximate surface area is 137 Å². The molecule has 122 valence electrons. The van der Waals surface area contributed by atoms with Crippen molar-refractivity contribution in [2.75, 3.05) is 6.67 Å². The first-order chi connectivity index (χ1) is 11.0. The fourth-order valence-electron chi connectivity index (χ4n) is 2.09. The Kier molecular flexibility index (Phi) is 6.01. The molecule has 2 aromatic rings. The average molecular weight is 341 g/mol. The number of amides is 1. The van der Waals surface area contributed by atoms with Gasteiger partial charge in [-0.2, -0.15) is 0 Å². The first-order valence-electron chi connectivity index (χ1n) is 6.86. The molecule has 0 saturated heterocycles. The fourth-order valence-corrected chi connectivity index (χ4v) is 2.15. The minimum absolute atomic E-state index is 0.394. The van der Waals surface area contributed by atoms with E-state index >= 15 is 0 Å². The third kappa shape index (κ3) is 4.46. The summed E-state index contributed by atoms with van der Waals surface area (Å²) in [5.74, 6) is -1.18. The van der Waals surface area contributed by atoms with Gasteiger partial charge in [-0.25, -0.2) is 8.78 Å². The van der Waals surface area contributed by atoms with Gasteiger partial charge in [-0.05, 0) is 22.8 Å². The van der Waals surface area contributed by atoms with Crippen LogP contribution in [0.15, 0.2) is 48.8 Å². The summed E-state index contributed by atoms with van der Waals surface area (Å²) in [7, 11) is 0. The van der Waals surface area contributed by atoms with E-state index in [4.69, 9.17) is 11.6 Å². The Morgan fingerprint density at radius 2 is 1.96 bits per heavy atom. The van der Waals surface area contributed by atoms with Gasteiger partial charge in [0.05, 0.1) is 6.04 Å². The van der Waals surface area contributed by atoms with E-state index in [-0.39, 0.29) is 0 Å². The monoisotopic (exact) mass is 340 g/mol. The number of nitrogens with zero attached hydrogens (tertiary/aromatic N) is 1. The lowest BCUT2D eigenvalue weighted by Crippen LogP contribution is -2.43. The van der Waals surface area contributed by atoms with E-state index in [1.807, 2.05) is 11.4 Å². The molecule has 0 radical (unpaired) electrons. The Bertz CT molecular complexity index is 638. The third-order valence-electron chi connectivity index (χ3n) is 3.32. The van der Waals surface area contributed by atoms with Crippen LogP contribution in [0.5, 0.6) is 0 Å².